The van der Waals surface area contributed by atoms with Crippen LogP contribution >= 0.6 is 9.90 Å². The van der Waals surface area contributed by atoms with E-state index in [1.807, 2.05) is 0 Å². The summed E-state index contributed by atoms with van der Waals surface area (Å²) in [6, 6.07) is 0. The molecule has 3 aliphatic rings. The second kappa shape index (κ2) is 3.01. The Balaban J connectivity index is 0.000000405. The molecule has 0 saturated heterocycles. The van der Waals surface area contributed by atoms with E-state index in [4.69, 9.17) is 0 Å². The third kappa shape index (κ3) is 1.46. The smallest absolute Gasteiger partial charge is 0.0414 e. The third-order valence-electron chi connectivity index (χ3n) is 2.95. The summed E-state index contributed by atoms with van der Waals surface area (Å²) in [6.45, 7) is 0. The SMILES string of the molecule is C1CC2CCC1CC2.P. The van der Waals surface area contributed by atoms with E-state index in [0.29, 0.717) is 0 Å². The summed E-state index contributed by atoms with van der Waals surface area (Å²) in [5.74, 6) is 2.31. The van der Waals surface area contributed by atoms with Crippen molar-refractivity contribution in [1.82, 2.24) is 0 Å². The first kappa shape index (κ1) is 7.54. The van der Waals surface area contributed by atoms with Gasteiger partial charge in [-0.3, -0.25) is 0 Å². The monoisotopic (exact) mass is 144 g/mol. The lowest BCUT2D eigenvalue weighted by Gasteiger charge is -2.35. The van der Waals surface area contributed by atoms with Crippen molar-refractivity contribution in [3.63, 3.8) is 0 Å². The number of hydrogen-bond donors (Lipinski definition) is 0. The van der Waals surface area contributed by atoms with Crippen LogP contribution in [0.4, 0.5) is 0 Å². The normalized spacial score (nSPS) is 40.0. The minimum atomic E-state index is 0. The minimum absolute atomic E-state index is 0. The molecule has 3 saturated carbocycles. The van der Waals surface area contributed by atoms with Crippen molar-refractivity contribution >= 4 is 9.90 Å². The Kier molecular flexibility index (Phi) is 2.52. The fourth-order valence-electron chi connectivity index (χ4n) is 2.28. The zero-order valence-corrected chi connectivity index (χ0v) is 7.52. The van der Waals surface area contributed by atoms with Gasteiger partial charge >= 0.3 is 0 Å². The largest absolute Gasteiger partial charge is 0.153 e. The summed E-state index contributed by atoms with van der Waals surface area (Å²) in [6.07, 6.45) is 9.36. The van der Waals surface area contributed by atoms with E-state index in [-0.39, 0.29) is 9.90 Å². The molecular weight excluding hydrogens is 127 g/mol. The van der Waals surface area contributed by atoms with Crippen LogP contribution in [-0.4, -0.2) is 0 Å². The number of fused-ring (bicyclic) bond motifs is 3. The molecule has 3 rings (SSSR count). The van der Waals surface area contributed by atoms with Crippen LogP contribution in [0.25, 0.3) is 0 Å². The molecule has 0 nitrogen and oxygen atoms in total. The van der Waals surface area contributed by atoms with Crippen molar-refractivity contribution in [2.45, 2.75) is 38.5 Å². The van der Waals surface area contributed by atoms with Gasteiger partial charge in [-0.15, -0.1) is 0 Å². The van der Waals surface area contributed by atoms with Crippen LogP contribution in [0, 0.1) is 11.8 Å². The molecule has 3 fully saturated rings. The zero-order chi connectivity index (χ0) is 5.40. The maximum atomic E-state index is 1.56. The Morgan fingerprint density at radius 1 is 0.556 bits per heavy atom. The van der Waals surface area contributed by atoms with E-state index in [1.54, 1.807) is 38.5 Å². The van der Waals surface area contributed by atoms with Gasteiger partial charge in [0.2, 0.25) is 0 Å². The molecule has 1 atom stereocenters. The first-order chi connectivity index (χ1) is 3.95. The Bertz CT molecular complexity index is 59.5. The Hall–Kier alpha value is 0.430. The summed E-state index contributed by atoms with van der Waals surface area (Å²) in [5, 5.41) is 0. The maximum Gasteiger partial charge on any atom is -0.0414 e. The van der Waals surface area contributed by atoms with Gasteiger partial charge < -0.3 is 0 Å². The molecule has 0 aromatic heterocycles. The molecule has 0 spiro atoms. The molecule has 1 unspecified atom stereocenters. The minimum Gasteiger partial charge on any atom is -0.153 e. The molecule has 2 bridgehead atoms. The van der Waals surface area contributed by atoms with Gasteiger partial charge in [0.15, 0.2) is 0 Å². The molecular formula is C8H17P. The van der Waals surface area contributed by atoms with Crippen LogP contribution in [0.3, 0.4) is 0 Å². The molecule has 0 aliphatic heterocycles. The van der Waals surface area contributed by atoms with Crippen LogP contribution < -0.4 is 0 Å². The van der Waals surface area contributed by atoms with Crippen LogP contribution in [0.5, 0.6) is 0 Å². The molecule has 0 N–H and O–H groups in total. The predicted molar refractivity (Wildman–Crippen MR) is 45.8 cm³/mol. The Labute approximate surface area is 61.0 Å². The van der Waals surface area contributed by atoms with Crippen LogP contribution in [0.1, 0.15) is 38.5 Å². The molecule has 0 radical (unpaired) electrons. The first-order valence-electron chi connectivity index (χ1n) is 3.95. The van der Waals surface area contributed by atoms with Gasteiger partial charge in [0, 0.05) is 0 Å². The molecule has 0 heterocycles. The molecule has 3 aliphatic carbocycles. The first-order valence-corrected chi connectivity index (χ1v) is 3.95. The van der Waals surface area contributed by atoms with Crippen molar-refractivity contribution in [3.05, 3.63) is 0 Å². The van der Waals surface area contributed by atoms with E-state index in [0.717, 1.165) is 11.8 Å². The number of rotatable bonds is 0. The summed E-state index contributed by atoms with van der Waals surface area (Å²) in [5.41, 5.74) is 0. The van der Waals surface area contributed by atoms with E-state index in [9.17, 15) is 0 Å². The van der Waals surface area contributed by atoms with Gasteiger partial charge in [-0.2, -0.15) is 9.90 Å². The molecule has 0 aromatic carbocycles. The molecule has 9 heavy (non-hydrogen) atoms. The highest BCUT2D eigenvalue weighted by atomic mass is 31.0. The lowest BCUT2D eigenvalue weighted by atomic mass is 9.71. The van der Waals surface area contributed by atoms with Gasteiger partial charge in [-0.1, -0.05) is 38.5 Å². The van der Waals surface area contributed by atoms with Gasteiger partial charge in [0.05, 0.1) is 0 Å². The quantitative estimate of drug-likeness (QED) is 0.458. The lowest BCUT2D eigenvalue weighted by Crippen LogP contribution is -2.21. The topological polar surface area (TPSA) is 0 Å². The molecule has 54 valence electrons. The standard InChI is InChI=1S/C8H14.H3P/c1-2-8-5-3-7(1)4-6-8;/h7-8H,1-6H2;1H3. The van der Waals surface area contributed by atoms with Gasteiger partial charge in [0.1, 0.15) is 0 Å². The second-order valence-corrected chi connectivity index (χ2v) is 3.46. The van der Waals surface area contributed by atoms with Gasteiger partial charge in [-0.25, -0.2) is 0 Å². The Morgan fingerprint density at radius 2 is 0.778 bits per heavy atom. The average Bonchev–Trinajstić information content (AvgIpc) is 1.92. The molecule has 0 amide bonds. The summed E-state index contributed by atoms with van der Waals surface area (Å²) in [7, 11) is 0. The second-order valence-electron chi connectivity index (χ2n) is 3.46. The Morgan fingerprint density at radius 3 is 0.889 bits per heavy atom. The van der Waals surface area contributed by atoms with Gasteiger partial charge in [0.25, 0.3) is 0 Å². The van der Waals surface area contributed by atoms with Crippen molar-refractivity contribution < 1.29 is 0 Å². The van der Waals surface area contributed by atoms with E-state index in [2.05, 4.69) is 0 Å². The van der Waals surface area contributed by atoms with Crippen LogP contribution in [-0.2, 0) is 0 Å². The maximum absolute atomic E-state index is 1.56. The summed E-state index contributed by atoms with van der Waals surface area (Å²) in [4.78, 5) is 0. The molecule has 1 heteroatoms. The van der Waals surface area contributed by atoms with E-state index in [1.165, 1.54) is 0 Å². The lowest BCUT2D eigenvalue weighted by molar-refractivity contribution is 0.176. The fraction of sp³-hybridized carbons (Fsp3) is 1.00. The van der Waals surface area contributed by atoms with Gasteiger partial charge in [-0.05, 0) is 11.8 Å². The van der Waals surface area contributed by atoms with E-state index < -0.39 is 0 Å². The van der Waals surface area contributed by atoms with E-state index >= 15 is 0 Å². The van der Waals surface area contributed by atoms with Crippen molar-refractivity contribution in [2.75, 3.05) is 0 Å². The highest BCUT2D eigenvalue weighted by Crippen LogP contribution is 2.40. The van der Waals surface area contributed by atoms with Crippen LogP contribution in [0.15, 0.2) is 0 Å². The van der Waals surface area contributed by atoms with Crippen molar-refractivity contribution in [1.29, 1.82) is 0 Å². The highest BCUT2D eigenvalue weighted by Gasteiger charge is 2.26. The average molecular weight is 144 g/mol. The number of hydrogen-bond acceptors (Lipinski definition) is 0. The van der Waals surface area contributed by atoms with Crippen LogP contribution in [0.2, 0.25) is 0 Å². The van der Waals surface area contributed by atoms with Crippen molar-refractivity contribution in [3.8, 4) is 0 Å². The van der Waals surface area contributed by atoms with Crippen molar-refractivity contribution in [2.24, 2.45) is 11.8 Å². The highest BCUT2D eigenvalue weighted by molar-refractivity contribution is 6.92. The molecule has 0 aromatic rings. The summed E-state index contributed by atoms with van der Waals surface area (Å²) >= 11 is 0. The third-order valence-corrected chi connectivity index (χ3v) is 2.95. The fourth-order valence-corrected chi connectivity index (χ4v) is 2.28. The summed E-state index contributed by atoms with van der Waals surface area (Å²) < 4.78 is 0. The predicted octanol–water partition coefficient (Wildman–Crippen LogP) is 2.64. The zero-order valence-electron chi connectivity index (χ0n) is 6.10.